The molecule has 1 atom stereocenters. The van der Waals surface area contributed by atoms with Gasteiger partial charge in [0.05, 0.1) is 0 Å². The second-order valence-corrected chi connectivity index (χ2v) is 8.41. The highest BCUT2D eigenvalue weighted by atomic mass is 32.2. The number of nitrogens with one attached hydrogen (secondary N) is 1. The van der Waals surface area contributed by atoms with Crippen LogP contribution < -0.4 is 5.32 Å². The SMILES string of the molecule is CSC1(CNC(c2cccs2)C2CC2)CCCCC1. The van der Waals surface area contributed by atoms with Gasteiger partial charge in [-0.2, -0.15) is 11.8 Å². The third kappa shape index (κ3) is 3.37. The van der Waals surface area contributed by atoms with Crippen LogP contribution in [0.2, 0.25) is 0 Å². The van der Waals surface area contributed by atoms with E-state index in [0.717, 1.165) is 5.92 Å². The summed E-state index contributed by atoms with van der Waals surface area (Å²) in [5.41, 5.74) is 0. The fraction of sp³-hybridized carbons (Fsp3) is 0.750. The minimum absolute atomic E-state index is 0.517. The van der Waals surface area contributed by atoms with E-state index in [0.29, 0.717) is 10.8 Å². The minimum atomic E-state index is 0.517. The second kappa shape index (κ2) is 6.19. The summed E-state index contributed by atoms with van der Waals surface area (Å²) in [7, 11) is 0. The molecular weight excluding hydrogens is 270 g/mol. The van der Waals surface area contributed by atoms with Gasteiger partial charge in [-0.15, -0.1) is 11.3 Å². The standard InChI is InChI=1S/C16H25NS2/c1-18-16(9-3-2-4-10-16)12-17-15(13-7-8-13)14-6-5-11-19-14/h5-6,11,13,15,17H,2-4,7-10,12H2,1H3. The Kier molecular flexibility index (Phi) is 4.55. The molecule has 1 aromatic heterocycles. The van der Waals surface area contributed by atoms with Gasteiger partial charge in [-0.05, 0) is 49.3 Å². The fourth-order valence-corrected chi connectivity index (χ4v) is 5.16. The van der Waals surface area contributed by atoms with Gasteiger partial charge in [-0.3, -0.25) is 0 Å². The summed E-state index contributed by atoms with van der Waals surface area (Å²) in [6.45, 7) is 1.20. The lowest BCUT2D eigenvalue weighted by Gasteiger charge is -2.37. The van der Waals surface area contributed by atoms with Gasteiger partial charge >= 0.3 is 0 Å². The van der Waals surface area contributed by atoms with Crippen molar-refractivity contribution in [2.45, 2.75) is 55.7 Å². The zero-order valence-corrected chi connectivity index (χ0v) is 13.5. The molecule has 1 nitrogen and oxygen atoms in total. The van der Waals surface area contributed by atoms with Crippen LogP contribution >= 0.6 is 23.1 Å². The normalized spacial score (nSPS) is 24.3. The predicted octanol–water partition coefficient (Wildman–Crippen LogP) is 4.85. The lowest BCUT2D eigenvalue weighted by Crippen LogP contribution is -2.41. The van der Waals surface area contributed by atoms with Crippen molar-refractivity contribution in [1.82, 2.24) is 5.32 Å². The van der Waals surface area contributed by atoms with Crippen LogP contribution in [0.1, 0.15) is 55.9 Å². The molecule has 2 aliphatic rings. The van der Waals surface area contributed by atoms with Crippen molar-refractivity contribution < 1.29 is 0 Å². The van der Waals surface area contributed by atoms with E-state index in [1.807, 2.05) is 11.3 Å². The molecule has 2 aliphatic carbocycles. The summed E-state index contributed by atoms with van der Waals surface area (Å²) in [4.78, 5) is 1.55. The zero-order valence-electron chi connectivity index (χ0n) is 11.9. The van der Waals surface area contributed by atoms with Crippen molar-refractivity contribution in [2.24, 2.45) is 5.92 Å². The molecule has 3 rings (SSSR count). The molecule has 106 valence electrons. The van der Waals surface area contributed by atoms with Crippen molar-refractivity contribution in [2.75, 3.05) is 12.8 Å². The molecule has 1 aromatic rings. The third-order valence-corrected chi connectivity index (χ3v) is 7.16. The Labute approximate surface area is 125 Å². The molecule has 0 radical (unpaired) electrons. The Bertz CT molecular complexity index is 377. The van der Waals surface area contributed by atoms with Gasteiger partial charge in [0, 0.05) is 22.2 Å². The molecular formula is C16H25NS2. The molecule has 0 saturated heterocycles. The Balaban J connectivity index is 1.62. The molecule has 0 aliphatic heterocycles. The van der Waals surface area contributed by atoms with Crippen LogP contribution in [0.25, 0.3) is 0 Å². The van der Waals surface area contributed by atoms with Crippen molar-refractivity contribution in [3.8, 4) is 0 Å². The Morgan fingerprint density at radius 3 is 2.74 bits per heavy atom. The molecule has 0 aromatic carbocycles. The number of thioether (sulfide) groups is 1. The van der Waals surface area contributed by atoms with Crippen LogP contribution in [0.15, 0.2) is 17.5 Å². The van der Waals surface area contributed by atoms with Crippen molar-refractivity contribution in [3.63, 3.8) is 0 Å². The molecule has 2 fully saturated rings. The average molecular weight is 296 g/mol. The summed E-state index contributed by atoms with van der Waals surface area (Å²) in [5.74, 6) is 0.904. The highest BCUT2D eigenvalue weighted by Gasteiger charge is 2.36. The van der Waals surface area contributed by atoms with Gasteiger partial charge in [0.15, 0.2) is 0 Å². The number of thiophene rings is 1. The van der Waals surface area contributed by atoms with Crippen LogP contribution in [0.5, 0.6) is 0 Å². The van der Waals surface area contributed by atoms with E-state index in [1.54, 1.807) is 4.88 Å². The lowest BCUT2D eigenvalue weighted by molar-refractivity contribution is 0.354. The summed E-state index contributed by atoms with van der Waals surface area (Å²) >= 11 is 4.03. The van der Waals surface area contributed by atoms with Crippen LogP contribution in [-0.4, -0.2) is 17.5 Å². The van der Waals surface area contributed by atoms with Gasteiger partial charge in [0.25, 0.3) is 0 Å². The third-order valence-electron chi connectivity index (χ3n) is 4.79. The van der Waals surface area contributed by atoms with Crippen LogP contribution in [-0.2, 0) is 0 Å². The molecule has 2 saturated carbocycles. The van der Waals surface area contributed by atoms with E-state index in [-0.39, 0.29) is 0 Å². The van der Waals surface area contributed by atoms with E-state index in [4.69, 9.17) is 0 Å². The molecule has 1 heterocycles. The Hall–Kier alpha value is 0.01000. The fourth-order valence-electron chi connectivity index (χ4n) is 3.34. The Morgan fingerprint density at radius 1 is 1.37 bits per heavy atom. The largest absolute Gasteiger partial charge is 0.308 e. The lowest BCUT2D eigenvalue weighted by atomic mass is 9.88. The van der Waals surface area contributed by atoms with E-state index >= 15 is 0 Å². The first kappa shape index (κ1) is 14.0. The predicted molar refractivity (Wildman–Crippen MR) is 87.1 cm³/mol. The van der Waals surface area contributed by atoms with E-state index < -0.39 is 0 Å². The van der Waals surface area contributed by atoms with Crippen LogP contribution in [0, 0.1) is 5.92 Å². The number of rotatable bonds is 6. The van der Waals surface area contributed by atoms with E-state index in [1.165, 1.54) is 51.5 Å². The van der Waals surface area contributed by atoms with Gasteiger partial charge in [-0.1, -0.05) is 25.3 Å². The smallest absolute Gasteiger partial charge is 0.0443 e. The number of hydrogen-bond acceptors (Lipinski definition) is 3. The first-order valence-electron chi connectivity index (χ1n) is 7.65. The van der Waals surface area contributed by atoms with Crippen molar-refractivity contribution in [3.05, 3.63) is 22.4 Å². The second-order valence-electron chi connectivity index (χ2n) is 6.16. The molecule has 0 spiro atoms. The highest BCUT2D eigenvalue weighted by molar-refractivity contribution is 8.00. The summed E-state index contributed by atoms with van der Waals surface area (Å²) in [6.07, 6.45) is 12.3. The van der Waals surface area contributed by atoms with Crippen LogP contribution in [0.3, 0.4) is 0 Å². The number of hydrogen-bond donors (Lipinski definition) is 1. The topological polar surface area (TPSA) is 12.0 Å². The first-order valence-corrected chi connectivity index (χ1v) is 9.75. The van der Waals surface area contributed by atoms with E-state index in [9.17, 15) is 0 Å². The van der Waals surface area contributed by atoms with Gasteiger partial charge < -0.3 is 5.32 Å². The van der Waals surface area contributed by atoms with Gasteiger partial charge in [0.1, 0.15) is 0 Å². The average Bonchev–Trinajstić information content (AvgIpc) is 3.15. The van der Waals surface area contributed by atoms with Gasteiger partial charge in [0.2, 0.25) is 0 Å². The molecule has 1 unspecified atom stereocenters. The monoisotopic (exact) mass is 295 g/mol. The van der Waals surface area contributed by atoms with Crippen molar-refractivity contribution >= 4 is 23.1 Å². The quantitative estimate of drug-likeness (QED) is 0.804. The molecule has 3 heteroatoms. The molecule has 0 bridgehead atoms. The Morgan fingerprint density at radius 2 is 2.16 bits per heavy atom. The van der Waals surface area contributed by atoms with Crippen molar-refractivity contribution in [1.29, 1.82) is 0 Å². The maximum Gasteiger partial charge on any atom is 0.0443 e. The zero-order chi connectivity index (χ0) is 13.1. The molecule has 19 heavy (non-hydrogen) atoms. The molecule has 1 N–H and O–H groups in total. The maximum atomic E-state index is 3.94. The molecule has 0 amide bonds. The minimum Gasteiger partial charge on any atom is -0.308 e. The summed E-state index contributed by atoms with van der Waals surface area (Å²) in [6, 6.07) is 5.14. The van der Waals surface area contributed by atoms with Gasteiger partial charge in [-0.25, -0.2) is 0 Å². The van der Waals surface area contributed by atoms with Crippen LogP contribution in [0.4, 0.5) is 0 Å². The maximum absolute atomic E-state index is 3.94. The highest BCUT2D eigenvalue weighted by Crippen LogP contribution is 2.44. The summed E-state index contributed by atoms with van der Waals surface area (Å²) < 4.78 is 0.517. The van der Waals surface area contributed by atoms with E-state index in [2.05, 4.69) is 40.8 Å². The summed E-state index contributed by atoms with van der Waals surface area (Å²) in [5, 5.41) is 6.15. The first-order chi connectivity index (χ1) is 9.33.